The van der Waals surface area contributed by atoms with Crippen molar-refractivity contribution in [3.63, 3.8) is 0 Å². The van der Waals surface area contributed by atoms with E-state index >= 15 is 0 Å². The van der Waals surface area contributed by atoms with Gasteiger partial charge in [0.25, 0.3) is 0 Å². The van der Waals surface area contributed by atoms with Gasteiger partial charge >= 0.3 is 0 Å². The van der Waals surface area contributed by atoms with Crippen LogP contribution in [0.2, 0.25) is 0 Å². The molecule has 4 rings (SSSR count). The van der Waals surface area contributed by atoms with Gasteiger partial charge in [-0.1, -0.05) is 79.9 Å². The first-order chi connectivity index (χ1) is 11.7. The molecule has 0 saturated carbocycles. The van der Waals surface area contributed by atoms with E-state index < -0.39 is 0 Å². The predicted octanol–water partition coefficient (Wildman–Crippen LogP) is 3.61. The second-order valence-electron chi connectivity index (χ2n) is 5.96. The summed E-state index contributed by atoms with van der Waals surface area (Å²) in [7, 11) is 0. The van der Waals surface area contributed by atoms with E-state index in [9.17, 15) is 0 Å². The van der Waals surface area contributed by atoms with Crippen LogP contribution in [-0.2, 0) is 0 Å². The largest absolute Gasteiger partial charge is 0.339 e. The molecule has 0 unspecified atom stereocenters. The third-order valence-corrected chi connectivity index (χ3v) is 4.42. The minimum absolute atomic E-state index is 0.884. The Labute approximate surface area is 140 Å². The van der Waals surface area contributed by atoms with Gasteiger partial charge in [-0.15, -0.1) is 0 Å². The first kappa shape index (κ1) is 14.3. The number of hydrogen-bond donors (Lipinski definition) is 1. The monoisotopic (exact) mass is 310 g/mol. The Bertz CT molecular complexity index is 1250. The van der Waals surface area contributed by atoms with Gasteiger partial charge in [0, 0.05) is 10.8 Å². The van der Waals surface area contributed by atoms with Crippen molar-refractivity contribution in [2.45, 2.75) is 0 Å². The van der Waals surface area contributed by atoms with Crippen LogP contribution in [0.4, 0.5) is 0 Å². The second kappa shape index (κ2) is 5.43. The molecular formula is C22H18N2. The number of rotatable bonds is 0. The van der Waals surface area contributed by atoms with Crippen molar-refractivity contribution in [3.05, 3.63) is 83.2 Å². The highest BCUT2D eigenvalue weighted by molar-refractivity contribution is 6.20. The fourth-order valence-electron chi connectivity index (χ4n) is 3.28. The summed E-state index contributed by atoms with van der Waals surface area (Å²) in [5, 5.41) is 6.44. The minimum atomic E-state index is 0.884. The van der Waals surface area contributed by atoms with Gasteiger partial charge in [-0.05, 0) is 27.3 Å². The van der Waals surface area contributed by atoms with Crippen LogP contribution in [0.15, 0.2) is 72.8 Å². The highest BCUT2D eigenvalue weighted by Gasteiger charge is 2.10. The number of fused-ring (bicyclic) bond motifs is 5. The van der Waals surface area contributed by atoms with Crippen LogP contribution in [0.1, 0.15) is 0 Å². The zero-order valence-corrected chi connectivity index (χ0v) is 13.4. The minimum Gasteiger partial charge on any atom is -0.339 e. The molecule has 1 heterocycles. The fourth-order valence-corrected chi connectivity index (χ4v) is 3.28. The molecule has 1 aromatic heterocycles. The molecule has 2 nitrogen and oxygen atoms in total. The Morgan fingerprint density at radius 3 is 2.33 bits per heavy atom. The summed E-state index contributed by atoms with van der Waals surface area (Å²) in [6.45, 7) is 8.27. The van der Waals surface area contributed by atoms with E-state index in [4.69, 9.17) is 5.84 Å². The van der Waals surface area contributed by atoms with Crippen molar-refractivity contribution in [1.82, 2.24) is 4.68 Å². The molecule has 2 heteroatoms. The van der Waals surface area contributed by atoms with Crippen LogP contribution in [0.25, 0.3) is 45.7 Å². The number of aromatic nitrogens is 1. The van der Waals surface area contributed by atoms with Gasteiger partial charge in [0.2, 0.25) is 0 Å². The topological polar surface area (TPSA) is 30.9 Å². The lowest BCUT2D eigenvalue weighted by atomic mass is 10.0. The summed E-state index contributed by atoms with van der Waals surface area (Å²) in [5.74, 6) is 6.43. The maximum absolute atomic E-state index is 6.43. The van der Waals surface area contributed by atoms with Crippen molar-refractivity contribution in [1.29, 1.82) is 0 Å². The molecule has 3 aromatic carbocycles. The molecule has 0 bridgehead atoms. The molecule has 4 aromatic rings. The van der Waals surface area contributed by atoms with Crippen LogP contribution in [0, 0.1) is 0 Å². The third kappa shape index (κ3) is 2.12. The Kier molecular flexibility index (Phi) is 3.24. The Morgan fingerprint density at radius 1 is 0.708 bits per heavy atom. The number of nitrogens with zero attached hydrogens (tertiary/aromatic N) is 1. The summed E-state index contributed by atoms with van der Waals surface area (Å²) in [6.07, 6.45) is 0. The first-order valence-corrected chi connectivity index (χ1v) is 7.89. The first-order valence-electron chi connectivity index (χ1n) is 7.89. The molecule has 0 aliphatic rings. The highest BCUT2D eigenvalue weighted by atomic mass is 15.3. The van der Waals surface area contributed by atoms with E-state index in [0.29, 0.717) is 0 Å². The van der Waals surface area contributed by atoms with E-state index in [-0.39, 0.29) is 0 Å². The zero-order valence-electron chi connectivity index (χ0n) is 13.4. The third-order valence-electron chi connectivity index (χ3n) is 4.42. The van der Waals surface area contributed by atoms with Crippen molar-refractivity contribution in [2.24, 2.45) is 0 Å². The molecular weight excluding hydrogens is 292 g/mol. The number of nitrogens with two attached hydrogens (primary N) is 1. The molecule has 0 saturated heterocycles. The van der Waals surface area contributed by atoms with Gasteiger partial charge in [0.05, 0.1) is 11.0 Å². The van der Waals surface area contributed by atoms with E-state index in [0.717, 1.165) is 32.2 Å². The van der Waals surface area contributed by atoms with Crippen LogP contribution in [0.5, 0.6) is 0 Å². The lowest BCUT2D eigenvalue weighted by Gasteiger charge is -2.01. The van der Waals surface area contributed by atoms with Crippen LogP contribution < -0.4 is 16.3 Å². The van der Waals surface area contributed by atoms with Gasteiger partial charge in [0.15, 0.2) is 0 Å². The Morgan fingerprint density at radius 2 is 1.46 bits per heavy atom. The van der Waals surface area contributed by atoms with Crippen molar-refractivity contribution < 1.29 is 0 Å². The van der Waals surface area contributed by atoms with Crippen molar-refractivity contribution in [3.8, 4) is 0 Å². The lowest BCUT2D eigenvalue weighted by Crippen LogP contribution is -2.12. The molecule has 0 aliphatic carbocycles. The Hall–Kier alpha value is -3.26. The fraction of sp³-hybridized carbons (Fsp3) is 0. The normalized spacial score (nSPS) is 11.0. The molecule has 0 radical (unpaired) electrons. The molecule has 24 heavy (non-hydrogen) atoms. The molecule has 0 fully saturated rings. The van der Waals surface area contributed by atoms with Crippen molar-refractivity contribution >= 4 is 45.7 Å². The standard InChI is InChI=1S/C22H18N2/c1-15-7-3-4-8-16(2)22-19(13-11-15)21-18-10-6-5-9-17(18)12-14-20(21)24(22)23/h3-14H,1-2,23H2. The average molecular weight is 310 g/mol. The van der Waals surface area contributed by atoms with Crippen LogP contribution >= 0.6 is 0 Å². The van der Waals surface area contributed by atoms with E-state index in [1.54, 1.807) is 4.68 Å². The SMILES string of the molecule is C=c1ccccc(=C)c2c(cc1)c1c3ccccc3ccc1n2N. The maximum atomic E-state index is 6.43. The summed E-state index contributed by atoms with van der Waals surface area (Å²) in [6, 6.07) is 24.5. The summed E-state index contributed by atoms with van der Waals surface area (Å²) in [4.78, 5) is 0. The van der Waals surface area contributed by atoms with Gasteiger partial charge in [-0.3, -0.25) is 4.68 Å². The molecule has 116 valence electrons. The lowest BCUT2D eigenvalue weighted by molar-refractivity contribution is 1.12. The Balaban J connectivity index is 2.41. The number of nitrogen functional groups attached to an aromatic ring is 1. The number of hydrogen-bond acceptors (Lipinski definition) is 1. The van der Waals surface area contributed by atoms with Gasteiger partial charge in [-0.2, -0.15) is 0 Å². The van der Waals surface area contributed by atoms with Gasteiger partial charge in [0.1, 0.15) is 0 Å². The van der Waals surface area contributed by atoms with E-state index in [2.05, 4.69) is 55.6 Å². The molecule has 0 amide bonds. The molecule has 2 N–H and O–H groups in total. The average Bonchev–Trinajstić information content (AvgIpc) is 2.89. The summed E-state index contributed by atoms with van der Waals surface area (Å²) < 4.78 is 1.74. The van der Waals surface area contributed by atoms with Crippen LogP contribution in [0.3, 0.4) is 0 Å². The van der Waals surface area contributed by atoms with Gasteiger partial charge in [-0.25, -0.2) is 0 Å². The summed E-state index contributed by atoms with van der Waals surface area (Å²) >= 11 is 0. The smallest absolute Gasteiger partial charge is 0.0770 e. The maximum Gasteiger partial charge on any atom is 0.0770 e. The second-order valence-corrected chi connectivity index (χ2v) is 5.96. The van der Waals surface area contributed by atoms with Gasteiger partial charge < -0.3 is 5.84 Å². The molecule has 0 aliphatic heterocycles. The van der Waals surface area contributed by atoms with E-state index in [1.807, 2.05) is 30.3 Å². The number of benzene rings is 2. The highest BCUT2D eigenvalue weighted by Crippen LogP contribution is 2.31. The van der Waals surface area contributed by atoms with E-state index in [1.165, 1.54) is 10.8 Å². The zero-order chi connectivity index (χ0) is 16.7. The quantitative estimate of drug-likeness (QED) is 0.494. The van der Waals surface area contributed by atoms with Crippen molar-refractivity contribution in [2.75, 3.05) is 5.84 Å². The van der Waals surface area contributed by atoms with Crippen LogP contribution in [-0.4, -0.2) is 4.68 Å². The molecule has 0 spiro atoms. The summed E-state index contributed by atoms with van der Waals surface area (Å²) in [5.41, 5.74) is 1.92. The predicted molar refractivity (Wildman–Crippen MR) is 105 cm³/mol. The molecule has 0 atom stereocenters.